The van der Waals surface area contributed by atoms with Crippen LogP contribution in [0.15, 0.2) is 12.2 Å². The Morgan fingerprint density at radius 3 is 1.75 bits per heavy atom. The number of fused-ring (bicyclic) bond motifs is 3. The highest BCUT2D eigenvalue weighted by atomic mass is 16.8. The molecule has 4 saturated carbocycles. The normalized spacial score (nSPS) is 54.6. The lowest BCUT2D eigenvalue weighted by Gasteiger charge is -2.64. The van der Waals surface area contributed by atoms with Crippen LogP contribution in [-0.2, 0) is 33.2 Å². The number of carbonyl (C=O) groups is 1. The molecule has 18 heteroatoms. The zero-order valence-corrected chi connectivity index (χ0v) is 31.8. The lowest BCUT2D eigenvalue weighted by molar-refractivity contribution is -0.400. The summed E-state index contributed by atoms with van der Waals surface area (Å²) in [4.78, 5) is 12.7. The third-order valence-electron chi connectivity index (χ3n) is 15.0. The van der Waals surface area contributed by atoms with E-state index in [-0.39, 0.29) is 22.7 Å². The highest BCUT2D eigenvalue weighted by Gasteiger charge is 2.69. The molecule has 3 heterocycles. The summed E-state index contributed by atoms with van der Waals surface area (Å²) in [6.07, 6.45) is -19.3. The van der Waals surface area contributed by atoms with Gasteiger partial charge >= 0.3 is 5.97 Å². The summed E-state index contributed by atoms with van der Waals surface area (Å²) in [7, 11) is 0. The van der Waals surface area contributed by atoms with Crippen LogP contribution in [0.1, 0.15) is 71.6 Å². The van der Waals surface area contributed by atoms with Crippen LogP contribution in [0.4, 0.5) is 0 Å². The van der Waals surface area contributed by atoms with Crippen molar-refractivity contribution in [1.82, 2.24) is 0 Å². The van der Waals surface area contributed by atoms with Gasteiger partial charge in [0.1, 0.15) is 73.2 Å². The first-order chi connectivity index (χ1) is 26.4. The summed E-state index contributed by atoms with van der Waals surface area (Å²) in [5.74, 6) is -0.606. The van der Waals surface area contributed by atoms with Gasteiger partial charge < -0.3 is 84.6 Å². The second-order valence-electron chi connectivity index (χ2n) is 18.0. The number of aliphatic hydroxyl groups excluding tert-OH is 10. The minimum absolute atomic E-state index is 0.00993. The molecule has 7 rings (SSSR count). The molecular formula is C38H60O18. The van der Waals surface area contributed by atoms with Gasteiger partial charge in [-0.1, -0.05) is 19.9 Å². The topological polar surface area (TPSA) is 295 Å². The van der Waals surface area contributed by atoms with Crippen molar-refractivity contribution in [2.24, 2.45) is 28.1 Å². The maximum Gasteiger partial charge on any atom is 0.309 e. The summed E-state index contributed by atoms with van der Waals surface area (Å²) < 4.78 is 36.7. The molecule has 56 heavy (non-hydrogen) atoms. The molecule has 320 valence electrons. The first-order valence-electron chi connectivity index (χ1n) is 19.9. The van der Waals surface area contributed by atoms with E-state index in [0.717, 1.165) is 31.3 Å². The maximum atomic E-state index is 12.7. The number of rotatable bonds is 10. The summed E-state index contributed by atoms with van der Waals surface area (Å²) >= 11 is 0. The fraction of sp³-hybridized carbons (Fsp3) is 0.921. The van der Waals surface area contributed by atoms with Crippen LogP contribution in [0.25, 0.3) is 0 Å². The van der Waals surface area contributed by atoms with Crippen LogP contribution in [-0.4, -0.2) is 180 Å². The monoisotopic (exact) mass is 804 g/mol. The van der Waals surface area contributed by atoms with Crippen LogP contribution in [0.3, 0.4) is 0 Å². The predicted octanol–water partition coefficient (Wildman–Crippen LogP) is -2.37. The Balaban J connectivity index is 1.21. The Hall–Kier alpha value is -1.43. The molecule has 3 saturated heterocycles. The van der Waals surface area contributed by atoms with Crippen molar-refractivity contribution >= 4 is 5.97 Å². The van der Waals surface area contributed by atoms with E-state index in [9.17, 15) is 61.0 Å². The fourth-order valence-electron chi connectivity index (χ4n) is 12.1. The van der Waals surface area contributed by atoms with Crippen molar-refractivity contribution in [3.63, 3.8) is 0 Å². The SMILES string of the molecule is C=C1C[C@@]23CC[C@H]4[C@](C)(CCC[C@@]4(C)C(=O)O)[C@@H]2CC[C@]1(O[C@@H]1O[C@H](CO)[C@@H](O)[C@H](O[C@@H]2O[C@H](CO)[C@@H](O)[C@H](O)[C@H]2O)[C@H]1O[C@@H]1O[C@H](CO)[C@@H](O)[C@H](O)[C@H]1O)C3. The van der Waals surface area contributed by atoms with E-state index in [1.54, 1.807) is 0 Å². The maximum absolute atomic E-state index is 12.7. The van der Waals surface area contributed by atoms with Gasteiger partial charge in [-0.15, -0.1) is 0 Å². The van der Waals surface area contributed by atoms with Gasteiger partial charge in [0, 0.05) is 0 Å². The van der Waals surface area contributed by atoms with E-state index in [2.05, 4.69) is 13.5 Å². The van der Waals surface area contributed by atoms with Crippen molar-refractivity contribution in [3.8, 4) is 0 Å². The molecule has 18 nitrogen and oxygen atoms in total. The molecule has 0 unspecified atom stereocenters. The van der Waals surface area contributed by atoms with Gasteiger partial charge in [-0.2, -0.15) is 0 Å². The largest absolute Gasteiger partial charge is 0.481 e. The molecule has 2 bridgehead atoms. The average molecular weight is 805 g/mol. The van der Waals surface area contributed by atoms with Crippen LogP contribution in [0.2, 0.25) is 0 Å². The fourth-order valence-corrected chi connectivity index (χ4v) is 12.1. The van der Waals surface area contributed by atoms with Gasteiger partial charge in [0.05, 0.1) is 30.8 Å². The molecule has 0 amide bonds. The van der Waals surface area contributed by atoms with Crippen molar-refractivity contribution < 1.29 is 89.4 Å². The summed E-state index contributed by atoms with van der Waals surface area (Å²) in [5.41, 5.74) is -1.63. The Morgan fingerprint density at radius 2 is 1.20 bits per heavy atom. The molecular weight excluding hydrogens is 744 g/mol. The van der Waals surface area contributed by atoms with Crippen molar-refractivity contribution in [2.75, 3.05) is 19.8 Å². The number of hydrogen-bond acceptors (Lipinski definition) is 17. The summed E-state index contributed by atoms with van der Waals surface area (Å²) in [6.45, 7) is 6.28. The first kappa shape index (κ1) is 42.7. The third kappa shape index (κ3) is 6.69. The molecule has 3 aliphatic heterocycles. The Labute approximate surface area is 324 Å². The molecule has 0 aromatic carbocycles. The summed E-state index contributed by atoms with van der Waals surface area (Å²) in [5, 5.41) is 116. The molecule has 21 atom stereocenters. The van der Waals surface area contributed by atoms with Gasteiger partial charge in [-0.3, -0.25) is 4.79 Å². The zero-order valence-electron chi connectivity index (χ0n) is 31.8. The number of carboxylic acids is 1. The molecule has 7 fully saturated rings. The quantitative estimate of drug-likeness (QED) is 0.0812. The molecule has 4 aliphatic carbocycles. The second kappa shape index (κ2) is 15.6. The Bertz CT molecular complexity index is 1450. The van der Waals surface area contributed by atoms with Gasteiger partial charge in [-0.05, 0) is 86.5 Å². The number of ether oxygens (including phenoxy) is 6. The Morgan fingerprint density at radius 1 is 0.679 bits per heavy atom. The molecule has 7 aliphatic rings. The first-order valence-corrected chi connectivity index (χ1v) is 19.9. The molecule has 0 aromatic heterocycles. The van der Waals surface area contributed by atoms with E-state index in [4.69, 9.17) is 28.4 Å². The van der Waals surface area contributed by atoms with E-state index < -0.39 is 129 Å². The predicted molar refractivity (Wildman–Crippen MR) is 187 cm³/mol. The van der Waals surface area contributed by atoms with Gasteiger partial charge in [0.25, 0.3) is 0 Å². The molecule has 11 N–H and O–H groups in total. The van der Waals surface area contributed by atoms with Crippen LogP contribution >= 0.6 is 0 Å². The minimum Gasteiger partial charge on any atom is -0.481 e. The average Bonchev–Trinajstić information content (AvgIpc) is 3.36. The summed E-state index contributed by atoms with van der Waals surface area (Å²) in [6, 6.07) is 0. The standard InChI is InChI=1S/C38H60O18/c1-16-11-37-9-5-20-35(2,7-4-8-36(20,3)34(49)50)21(37)6-10-38(16,15-37)56-33-30(55-32-28(48)26(46)23(43)18(13-40)52-32)29(24(44)19(14-41)53-33)54-31-27(47)25(45)22(42)17(12-39)51-31/h17-33,39-48H,1,4-15H2,2-3H3,(H,49,50)/t17-,18-,19-,20+,21+,22-,23-,24-,25+,26+,27-,28-,29+,30-,31+,32+,33+,35+,36-,37-,38+/m1/s1. The number of aliphatic carboxylic acids is 1. The van der Waals surface area contributed by atoms with Crippen LogP contribution in [0, 0.1) is 28.1 Å². The number of carboxylic acid groups (broad SMARTS) is 1. The van der Waals surface area contributed by atoms with Crippen molar-refractivity contribution in [3.05, 3.63) is 12.2 Å². The van der Waals surface area contributed by atoms with Crippen LogP contribution in [0.5, 0.6) is 0 Å². The van der Waals surface area contributed by atoms with Gasteiger partial charge in [-0.25, -0.2) is 0 Å². The minimum atomic E-state index is -1.91. The highest BCUT2D eigenvalue weighted by molar-refractivity contribution is 5.75. The lowest BCUT2D eigenvalue weighted by Crippen LogP contribution is -2.68. The van der Waals surface area contributed by atoms with Crippen molar-refractivity contribution in [1.29, 1.82) is 0 Å². The number of aliphatic hydroxyl groups is 10. The third-order valence-corrected chi connectivity index (χ3v) is 15.0. The lowest BCUT2D eigenvalue weighted by atomic mass is 9.41. The van der Waals surface area contributed by atoms with Crippen LogP contribution < -0.4 is 0 Å². The number of hydrogen-bond donors (Lipinski definition) is 11. The molecule has 0 aromatic rings. The van der Waals surface area contributed by atoms with E-state index >= 15 is 0 Å². The van der Waals surface area contributed by atoms with Crippen molar-refractivity contribution in [2.45, 2.75) is 169 Å². The molecule has 0 radical (unpaired) electrons. The van der Waals surface area contributed by atoms with Gasteiger partial charge in [0.15, 0.2) is 18.9 Å². The Kier molecular flexibility index (Phi) is 11.9. The second-order valence-corrected chi connectivity index (χ2v) is 18.0. The smallest absolute Gasteiger partial charge is 0.309 e. The van der Waals surface area contributed by atoms with Gasteiger partial charge in [0.2, 0.25) is 0 Å². The molecule has 1 spiro atoms. The highest BCUT2D eigenvalue weighted by Crippen LogP contribution is 2.73. The van der Waals surface area contributed by atoms with E-state index in [1.165, 1.54) is 0 Å². The zero-order chi connectivity index (χ0) is 40.7. The van der Waals surface area contributed by atoms with E-state index in [0.29, 0.717) is 32.1 Å². The van der Waals surface area contributed by atoms with E-state index in [1.807, 2.05) is 6.92 Å².